The Labute approximate surface area is 102 Å². The highest BCUT2D eigenvalue weighted by atomic mass is 35.5. The van der Waals surface area contributed by atoms with Gasteiger partial charge in [0.1, 0.15) is 0 Å². The lowest BCUT2D eigenvalue weighted by molar-refractivity contribution is 0.0342. The molecular formula is C13H18ClNO. The van der Waals surface area contributed by atoms with Crippen molar-refractivity contribution in [3.05, 3.63) is 34.3 Å². The third-order valence-electron chi connectivity index (χ3n) is 3.02. The minimum Gasteiger partial charge on any atom is -0.379 e. The fraction of sp³-hybridized carbons (Fsp3) is 0.538. The first-order valence-electron chi connectivity index (χ1n) is 5.87. The zero-order chi connectivity index (χ0) is 11.4. The molecule has 0 amide bonds. The molecule has 0 spiro atoms. The molecule has 1 aliphatic heterocycles. The van der Waals surface area contributed by atoms with Gasteiger partial charge in [0.05, 0.1) is 13.2 Å². The van der Waals surface area contributed by atoms with Crippen LogP contribution in [0.3, 0.4) is 0 Å². The molecule has 1 aromatic rings. The Hall–Kier alpha value is -0.570. The van der Waals surface area contributed by atoms with E-state index in [1.165, 1.54) is 11.1 Å². The number of halogens is 1. The van der Waals surface area contributed by atoms with Gasteiger partial charge in [-0.3, -0.25) is 4.90 Å². The first-order chi connectivity index (χ1) is 7.79. The average molecular weight is 240 g/mol. The van der Waals surface area contributed by atoms with Gasteiger partial charge in [-0.15, -0.1) is 0 Å². The van der Waals surface area contributed by atoms with Crippen LogP contribution < -0.4 is 0 Å². The minimum atomic E-state index is 0.838. The second-order valence-electron chi connectivity index (χ2n) is 4.17. The Morgan fingerprint density at radius 3 is 2.69 bits per heavy atom. The molecule has 1 saturated heterocycles. The summed E-state index contributed by atoms with van der Waals surface area (Å²) < 4.78 is 5.33. The highest BCUT2D eigenvalue weighted by Gasteiger charge is 2.12. The van der Waals surface area contributed by atoms with Crippen molar-refractivity contribution in [2.45, 2.75) is 19.9 Å². The molecule has 0 aromatic heterocycles. The molecule has 0 aliphatic carbocycles. The van der Waals surface area contributed by atoms with Gasteiger partial charge in [-0.2, -0.15) is 0 Å². The average Bonchev–Trinajstić information content (AvgIpc) is 2.33. The molecule has 2 nitrogen and oxygen atoms in total. The summed E-state index contributed by atoms with van der Waals surface area (Å²) in [6.07, 6.45) is 1.04. The molecule has 0 atom stereocenters. The van der Waals surface area contributed by atoms with E-state index >= 15 is 0 Å². The third-order valence-corrected chi connectivity index (χ3v) is 3.38. The molecule has 1 heterocycles. The summed E-state index contributed by atoms with van der Waals surface area (Å²) in [4.78, 5) is 2.39. The van der Waals surface area contributed by atoms with Gasteiger partial charge in [-0.25, -0.2) is 0 Å². The topological polar surface area (TPSA) is 12.5 Å². The van der Waals surface area contributed by atoms with Crippen LogP contribution in [-0.2, 0) is 17.7 Å². The fourth-order valence-corrected chi connectivity index (χ4v) is 2.20. The Kier molecular flexibility index (Phi) is 4.22. The number of nitrogens with zero attached hydrogens (tertiary/aromatic N) is 1. The maximum Gasteiger partial charge on any atom is 0.0594 e. The maximum atomic E-state index is 6.27. The number of benzene rings is 1. The van der Waals surface area contributed by atoms with E-state index in [2.05, 4.69) is 30.0 Å². The fourth-order valence-electron chi connectivity index (χ4n) is 1.94. The highest BCUT2D eigenvalue weighted by Crippen LogP contribution is 2.20. The van der Waals surface area contributed by atoms with Crippen LogP contribution in [0.4, 0.5) is 0 Å². The lowest BCUT2D eigenvalue weighted by Crippen LogP contribution is -2.35. The third kappa shape index (κ3) is 2.97. The molecule has 3 heteroatoms. The molecule has 88 valence electrons. The van der Waals surface area contributed by atoms with Gasteiger partial charge in [-0.1, -0.05) is 30.7 Å². The van der Waals surface area contributed by atoms with Crippen molar-refractivity contribution in [3.8, 4) is 0 Å². The van der Waals surface area contributed by atoms with Crippen molar-refractivity contribution >= 4 is 11.6 Å². The lowest BCUT2D eigenvalue weighted by Gasteiger charge is -2.26. The van der Waals surface area contributed by atoms with Crippen LogP contribution in [0, 0.1) is 0 Å². The van der Waals surface area contributed by atoms with Crippen LogP contribution in [0.15, 0.2) is 18.2 Å². The number of aryl methyl sites for hydroxylation is 1. The Morgan fingerprint density at radius 1 is 1.31 bits per heavy atom. The summed E-state index contributed by atoms with van der Waals surface area (Å²) in [7, 11) is 0. The molecular weight excluding hydrogens is 222 g/mol. The van der Waals surface area contributed by atoms with Crippen molar-refractivity contribution in [1.82, 2.24) is 4.90 Å². The van der Waals surface area contributed by atoms with Crippen molar-refractivity contribution in [2.75, 3.05) is 26.3 Å². The second-order valence-corrected chi connectivity index (χ2v) is 4.58. The quantitative estimate of drug-likeness (QED) is 0.804. The Balaban J connectivity index is 2.03. The summed E-state index contributed by atoms with van der Waals surface area (Å²) in [6, 6.07) is 6.40. The molecule has 0 radical (unpaired) electrons. The van der Waals surface area contributed by atoms with E-state index < -0.39 is 0 Å². The van der Waals surface area contributed by atoms with E-state index in [1.54, 1.807) is 0 Å². The largest absolute Gasteiger partial charge is 0.379 e. The summed E-state index contributed by atoms with van der Waals surface area (Å²) >= 11 is 6.27. The first-order valence-corrected chi connectivity index (χ1v) is 6.25. The van der Waals surface area contributed by atoms with Gasteiger partial charge < -0.3 is 4.74 Å². The van der Waals surface area contributed by atoms with E-state index in [0.29, 0.717) is 0 Å². The number of hydrogen-bond donors (Lipinski definition) is 0. The van der Waals surface area contributed by atoms with E-state index in [0.717, 1.165) is 44.3 Å². The van der Waals surface area contributed by atoms with Crippen LogP contribution in [-0.4, -0.2) is 31.2 Å². The first kappa shape index (κ1) is 11.9. The molecule has 0 N–H and O–H groups in total. The summed E-state index contributed by atoms with van der Waals surface area (Å²) in [5.41, 5.74) is 2.52. The predicted octanol–water partition coefficient (Wildman–Crippen LogP) is 2.73. The van der Waals surface area contributed by atoms with Crippen molar-refractivity contribution in [2.24, 2.45) is 0 Å². The van der Waals surface area contributed by atoms with Crippen LogP contribution in [0.1, 0.15) is 18.1 Å². The number of morpholine rings is 1. The maximum absolute atomic E-state index is 6.27. The zero-order valence-electron chi connectivity index (χ0n) is 9.71. The summed E-state index contributed by atoms with van der Waals surface area (Å²) in [6.45, 7) is 6.77. The molecule has 1 aliphatic rings. The Morgan fingerprint density at radius 2 is 2.06 bits per heavy atom. The predicted molar refractivity (Wildman–Crippen MR) is 66.9 cm³/mol. The molecule has 0 bridgehead atoms. The van der Waals surface area contributed by atoms with Gasteiger partial charge in [0, 0.05) is 24.7 Å². The normalized spacial score (nSPS) is 17.6. The molecule has 1 aromatic carbocycles. The van der Waals surface area contributed by atoms with Crippen LogP contribution in [0.5, 0.6) is 0 Å². The van der Waals surface area contributed by atoms with E-state index in [4.69, 9.17) is 16.3 Å². The number of hydrogen-bond acceptors (Lipinski definition) is 2. The van der Waals surface area contributed by atoms with Crippen molar-refractivity contribution < 1.29 is 4.74 Å². The van der Waals surface area contributed by atoms with E-state index in [1.807, 2.05) is 0 Å². The molecule has 1 fully saturated rings. The summed E-state index contributed by atoms with van der Waals surface area (Å²) in [5.74, 6) is 0. The summed E-state index contributed by atoms with van der Waals surface area (Å²) in [5, 5.41) is 0.894. The standard InChI is InChI=1S/C13H18ClNO/c1-2-11-3-4-12(13(14)9-11)10-15-5-7-16-8-6-15/h3-4,9H,2,5-8,10H2,1H3. The second kappa shape index (κ2) is 5.67. The number of ether oxygens (including phenoxy) is 1. The SMILES string of the molecule is CCc1ccc(CN2CCOCC2)c(Cl)c1. The highest BCUT2D eigenvalue weighted by molar-refractivity contribution is 6.31. The van der Waals surface area contributed by atoms with Crippen LogP contribution in [0.2, 0.25) is 5.02 Å². The minimum absolute atomic E-state index is 0.838. The van der Waals surface area contributed by atoms with Gasteiger partial charge in [0.15, 0.2) is 0 Å². The monoisotopic (exact) mass is 239 g/mol. The van der Waals surface area contributed by atoms with Gasteiger partial charge in [0.25, 0.3) is 0 Å². The molecule has 0 unspecified atom stereocenters. The van der Waals surface area contributed by atoms with Gasteiger partial charge in [-0.05, 0) is 23.6 Å². The van der Waals surface area contributed by atoms with Crippen molar-refractivity contribution in [3.63, 3.8) is 0 Å². The van der Waals surface area contributed by atoms with Crippen LogP contribution >= 0.6 is 11.6 Å². The molecule has 0 saturated carbocycles. The van der Waals surface area contributed by atoms with E-state index in [9.17, 15) is 0 Å². The van der Waals surface area contributed by atoms with Gasteiger partial charge >= 0.3 is 0 Å². The van der Waals surface area contributed by atoms with Gasteiger partial charge in [0.2, 0.25) is 0 Å². The lowest BCUT2D eigenvalue weighted by atomic mass is 10.1. The van der Waals surface area contributed by atoms with Crippen LogP contribution in [0.25, 0.3) is 0 Å². The van der Waals surface area contributed by atoms with Crippen molar-refractivity contribution in [1.29, 1.82) is 0 Å². The molecule has 16 heavy (non-hydrogen) atoms. The number of rotatable bonds is 3. The Bertz CT molecular complexity index is 348. The van der Waals surface area contributed by atoms with E-state index in [-0.39, 0.29) is 0 Å². The zero-order valence-corrected chi connectivity index (χ0v) is 10.5. The molecule has 2 rings (SSSR count). The smallest absolute Gasteiger partial charge is 0.0594 e.